The van der Waals surface area contributed by atoms with Gasteiger partial charge in [0.1, 0.15) is 23.7 Å². The number of fused-ring (bicyclic) bond motifs is 1. The molecule has 0 radical (unpaired) electrons. The van der Waals surface area contributed by atoms with E-state index in [0.29, 0.717) is 11.5 Å². The molecule has 0 bridgehead atoms. The molecule has 0 saturated heterocycles. The monoisotopic (exact) mass is 382 g/mol. The molecule has 7 heteroatoms. The van der Waals surface area contributed by atoms with E-state index in [1.807, 2.05) is 31.2 Å². The van der Waals surface area contributed by atoms with Gasteiger partial charge in [-0.2, -0.15) is 0 Å². The molecule has 1 aliphatic heterocycles. The number of nitrogens with one attached hydrogen (secondary N) is 1. The number of para-hydroxylation sites is 1. The minimum atomic E-state index is -0.498. The second-order valence-electron chi connectivity index (χ2n) is 6.40. The second kappa shape index (κ2) is 6.96. The fraction of sp³-hybridized carbons (Fsp3) is 0.150. The van der Waals surface area contributed by atoms with E-state index in [0.717, 1.165) is 17.7 Å². The van der Waals surface area contributed by atoms with E-state index >= 15 is 0 Å². The fourth-order valence-electron chi connectivity index (χ4n) is 3.26. The van der Waals surface area contributed by atoms with Gasteiger partial charge in [0.15, 0.2) is 0 Å². The van der Waals surface area contributed by atoms with Crippen molar-refractivity contribution in [3.05, 3.63) is 77.0 Å². The van der Waals surface area contributed by atoms with Gasteiger partial charge < -0.3 is 10.2 Å². The summed E-state index contributed by atoms with van der Waals surface area (Å²) in [5.74, 6) is -0.256. The summed E-state index contributed by atoms with van der Waals surface area (Å²) in [4.78, 5) is 23.1. The molecule has 1 aromatic heterocycles. The molecule has 0 aliphatic carbocycles. The van der Waals surface area contributed by atoms with Crippen molar-refractivity contribution in [3.8, 4) is 0 Å². The van der Waals surface area contributed by atoms with Crippen LogP contribution in [0, 0.1) is 5.82 Å². The molecular formula is C20H16ClFN4O. The third kappa shape index (κ3) is 3.36. The summed E-state index contributed by atoms with van der Waals surface area (Å²) in [6.07, 6.45) is 2.14. The van der Waals surface area contributed by atoms with Crippen LogP contribution in [0.3, 0.4) is 0 Å². The van der Waals surface area contributed by atoms with Gasteiger partial charge in [0, 0.05) is 23.5 Å². The SMILES string of the molecule is CC1Cc2ccccc2N1C(=O)c1cc(Nc2ccc(F)c(Cl)c2)ncn1. The summed E-state index contributed by atoms with van der Waals surface area (Å²) in [5.41, 5.74) is 2.91. The number of benzene rings is 2. The predicted molar refractivity (Wildman–Crippen MR) is 103 cm³/mol. The van der Waals surface area contributed by atoms with E-state index in [1.54, 1.807) is 17.0 Å². The molecule has 2 heterocycles. The lowest BCUT2D eigenvalue weighted by Gasteiger charge is -2.22. The van der Waals surface area contributed by atoms with Gasteiger partial charge in [0.05, 0.1) is 5.02 Å². The number of carbonyl (C=O) groups excluding carboxylic acids is 1. The first kappa shape index (κ1) is 17.4. The molecule has 1 N–H and O–H groups in total. The van der Waals surface area contributed by atoms with Crippen LogP contribution in [0.4, 0.5) is 21.6 Å². The van der Waals surface area contributed by atoms with E-state index in [-0.39, 0.29) is 22.7 Å². The molecule has 2 aromatic carbocycles. The molecule has 136 valence electrons. The van der Waals surface area contributed by atoms with E-state index in [1.165, 1.54) is 18.5 Å². The molecule has 3 aromatic rings. The lowest BCUT2D eigenvalue weighted by atomic mass is 10.1. The Kier molecular flexibility index (Phi) is 4.49. The lowest BCUT2D eigenvalue weighted by molar-refractivity contribution is 0.0976. The Balaban J connectivity index is 1.60. The molecule has 5 nitrogen and oxygen atoms in total. The number of rotatable bonds is 3. The van der Waals surface area contributed by atoms with Crippen LogP contribution in [0.5, 0.6) is 0 Å². The molecule has 27 heavy (non-hydrogen) atoms. The van der Waals surface area contributed by atoms with Gasteiger partial charge in [-0.1, -0.05) is 29.8 Å². The minimum absolute atomic E-state index is 0.00727. The highest BCUT2D eigenvalue weighted by Gasteiger charge is 2.31. The maximum absolute atomic E-state index is 13.3. The second-order valence-corrected chi connectivity index (χ2v) is 6.81. The summed E-state index contributed by atoms with van der Waals surface area (Å²) in [7, 11) is 0. The van der Waals surface area contributed by atoms with Gasteiger partial charge in [0.25, 0.3) is 5.91 Å². The van der Waals surface area contributed by atoms with Crippen LogP contribution >= 0.6 is 11.6 Å². The van der Waals surface area contributed by atoms with E-state index in [4.69, 9.17) is 11.6 Å². The normalized spacial score (nSPS) is 15.5. The van der Waals surface area contributed by atoms with Crippen LogP contribution in [-0.4, -0.2) is 21.9 Å². The Morgan fingerprint density at radius 3 is 2.85 bits per heavy atom. The molecule has 4 rings (SSSR count). The van der Waals surface area contributed by atoms with Crippen molar-refractivity contribution in [2.75, 3.05) is 10.2 Å². The molecule has 0 fully saturated rings. The largest absolute Gasteiger partial charge is 0.340 e. The number of hydrogen-bond acceptors (Lipinski definition) is 4. The summed E-state index contributed by atoms with van der Waals surface area (Å²) < 4.78 is 13.3. The average Bonchev–Trinajstić information content (AvgIpc) is 3.00. The van der Waals surface area contributed by atoms with Gasteiger partial charge in [0.2, 0.25) is 0 Å². The molecule has 1 aliphatic rings. The number of nitrogens with zero attached hydrogens (tertiary/aromatic N) is 3. The highest BCUT2D eigenvalue weighted by atomic mass is 35.5. The van der Waals surface area contributed by atoms with E-state index in [2.05, 4.69) is 15.3 Å². The quantitative estimate of drug-likeness (QED) is 0.719. The summed E-state index contributed by atoms with van der Waals surface area (Å²) in [6, 6.07) is 13.8. The zero-order chi connectivity index (χ0) is 19.0. The van der Waals surface area contributed by atoms with Crippen molar-refractivity contribution in [1.82, 2.24) is 9.97 Å². The Bertz CT molecular complexity index is 1030. The highest BCUT2D eigenvalue weighted by molar-refractivity contribution is 6.31. The van der Waals surface area contributed by atoms with E-state index in [9.17, 15) is 9.18 Å². The zero-order valence-corrected chi connectivity index (χ0v) is 15.2. The number of aromatic nitrogens is 2. The van der Waals surface area contributed by atoms with Crippen molar-refractivity contribution in [1.29, 1.82) is 0 Å². The maximum Gasteiger partial charge on any atom is 0.277 e. The van der Waals surface area contributed by atoms with Gasteiger partial charge in [-0.25, -0.2) is 14.4 Å². The maximum atomic E-state index is 13.3. The van der Waals surface area contributed by atoms with Crippen molar-refractivity contribution < 1.29 is 9.18 Å². The number of anilines is 3. The lowest BCUT2D eigenvalue weighted by Crippen LogP contribution is -2.36. The minimum Gasteiger partial charge on any atom is -0.340 e. The van der Waals surface area contributed by atoms with Crippen LogP contribution < -0.4 is 10.2 Å². The molecule has 1 amide bonds. The standard InChI is InChI=1S/C20H16ClFN4O/c1-12-8-13-4-2-3-5-18(13)26(12)20(27)17-10-19(24-11-23-17)25-14-6-7-16(22)15(21)9-14/h2-7,9-12H,8H2,1H3,(H,23,24,25). The van der Waals surface area contributed by atoms with Crippen molar-refractivity contribution in [2.24, 2.45) is 0 Å². The van der Waals surface area contributed by atoms with Crippen molar-refractivity contribution in [3.63, 3.8) is 0 Å². The van der Waals surface area contributed by atoms with Crippen LogP contribution in [0.25, 0.3) is 0 Å². The molecule has 0 saturated carbocycles. The first-order valence-electron chi connectivity index (χ1n) is 8.48. The van der Waals surface area contributed by atoms with Gasteiger partial charge in [-0.3, -0.25) is 4.79 Å². The van der Waals surface area contributed by atoms with Crippen molar-refractivity contribution >= 4 is 34.7 Å². The van der Waals surface area contributed by atoms with Crippen LogP contribution in [0.1, 0.15) is 23.0 Å². The van der Waals surface area contributed by atoms with Gasteiger partial charge in [-0.05, 0) is 43.2 Å². The number of hydrogen-bond donors (Lipinski definition) is 1. The first-order valence-corrected chi connectivity index (χ1v) is 8.86. The Labute approximate surface area is 160 Å². The third-order valence-electron chi connectivity index (χ3n) is 4.50. The summed E-state index contributed by atoms with van der Waals surface area (Å²) in [6.45, 7) is 2.01. The van der Waals surface area contributed by atoms with Crippen LogP contribution in [0.15, 0.2) is 54.9 Å². The number of carbonyl (C=O) groups is 1. The summed E-state index contributed by atoms with van der Waals surface area (Å²) in [5, 5.41) is 3.02. The smallest absolute Gasteiger partial charge is 0.277 e. The zero-order valence-electron chi connectivity index (χ0n) is 14.5. The Hall–Kier alpha value is -2.99. The fourth-order valence-corrected chi connectivity index (χ4v) is 3.44. The first-order chi connectivity index (χ1) is 13.0. The Morgan fingerprint density at radius 2 is 2.04 bits per heavy atom. The van der Waals surface area contributed by atoms with E-state index < -0.39 is 5.82 Å². The number of halogens is 2. The molecule has 1 unspecified atom stereocenters. The van der Waals surface area contributed by atoms with Crippen LogP contribution in [-0.2, 0) is 6.42 Å². The Morgan fingerprint density at radius 1 is 1.22 bits per heavy atom. The topological polar surface area (TPSA) is 58.1 Å². The summed E-state index contributed by atoms with van der Waals surface area (Å²) >= 11 is 5.80. The number of amides is 1. The third-order valence-corrected chi connectivity index (χ3v) is 4.79. The van der Waals surface area contributed by atoms with Gasteiger partial charge in [-0.15, -0.1) is 0 Å². The van der Waals surface area contributed by atoms with Crippen LogP contribution in [0.2, 0.25) is 5.02 Å². The van der Waals surface area contributed by atoms with Crippen molar-refractivity contribution in [2.45, 2.75) is 19.4 Å². The molecule has 1 atom stereocenters. The average molecular weight is 383 g/mol. The molecular weight excluding hydrogens is 367 g/mol. The molecule has 0 spiro atoms. The van der Waals surface area contributed by atoms with Gasteiger partial charge >= 0.3 is 0 Å². The highest BCUT2D eigenvalue weighted by Crippen LogP contribution is 2.33. The predicted octanol–water partition coefficient (Wildman–Crippen LogP) is 4.60.